The summed E-state index contributed by atoms with van der Waals surface area (Å²) >= 11 is 0. The number of rotatable bonds is 2. The van der Waals surface area contributed by atoms with Gasteiger partial charge in [0.2, 0.25) is 0 Å². The van der Waals surface area contributed by atoms with Crippen LogP contribution in [0.15, 0.2) is 114 Å². The summed E-state index contributed by atoms with van der Waals surface area (Å²) in [6, 6.07) is 35.8. The zero-order chi connectivity index (χ0) is 21.1. The van der Waals surface area contributed by atoms with E-state index in [0.717, 1.165) is 38.9 Å². The van der Waals surface area contributed by atoms with Crippen LogP contribution in [-0.2, 0) is 0 Å². The monoisotopic (exact) mass is 410 g/mol. The van der Waals surface area contributed by atoms with E-state index in [1.54, 1.807) is 0 Å². The van der Waals surface area contributed by atoms with Gasteiger partial charge in [-0.25, -0.2) is 0 Å². The molecule has 0 fully saturated rings. The predicted octanol–water partition coefficient (Wildman–Crippen LogP) is 7.75. The Kier molecular flexibility index (Phi) is 3.55. The maximum atomic E-state index is 6.63. The Bertz CT molecular complexity index is 1720. The zero-order valence-electron chi connectivity index (χ0n) is 17.2. The molecule has 3 heteroatoms. The minimum absolute atomic E-state index is 0.870. The summed E-state index contributed by atoms with van der Waals surface area (Å²) in [7, 11) is 0. The van der Waals surface area contributed by atoms with Gasteiger partial charge in [-0.05, 0) is 36.4 Å². The molecule has 3 aromatic heterocycles. The molecule has 0 aliphatic carbocycles. The maximum absolute atomic E-state index is 6.63. The first-order chi connectivity index (χ1) is 15.9. The normalized spacial score (nSPS) is 11.8. The minimum Gasteiger partial charge on any atom is -0.453 e. The number of benzene rings is 4. The molecule has 0 radical (unpaired) electrons. The van der Waals surface area contributed by atoms with Crippen molar-refractivity contribution in [3.05, 3.63) is 109 Å². The standard InChI is InChI=1S/C29H18N2O/c1-3-15-25-19(9-1)20-10-2-4-16-26(20)31(25)27-17-8-12-22-21-11-7-13-23(28(21)32-29(22)27)24-14-5-6-18-30-24/h1-18H. The van der Waals surface area contributed by atoms with Gasteiger partial charge >= 0.3 is 0 Å². The number of nitrogens with zero attached hydrogens (tertiary/aromatic N) is 2. The van der Waals surface area contributed by atoms with Crippen LogP contribution in [0.4, 0.5) is 0 Å². The molecule has 3 nitrogen and oxygen atoms in total. The number of hydrogen-bond acceptors (Lipinski definition) is 2. The van der Waals surface area contributed by atoms with E-state index in [-0.39, 0.29) is 0 Å². The Morgan fingerprint density at radius 2 is 1.16 bits per heavy atom. The molecular weight excluding hydrogens is 392 g/mol. The van der Waals surface area contributed by atoms with Gasteiger partial charge in [-0.1, -0.05) is 66.7 Å². The first kappa shape index (κ1) is 17.3. The minimum atomic E-state index is 0.870. The Morgan fingerprint density at radius 1 is 0.531 bits per heavy atom. The molecule has 0 aliphatic heterocycles. The second kappa shape index (κ2) is 6.56. The summed E-state index contributed by atoms with van der Waals surface area (Å²) in [5.74, 6) is 0. The number of para-hydroxylation sites is 4. The van der Waals surface area contributed by atoms with Gasteiger partial charge in [0, 0.05) is 33.3 Å². The molecule has 3 heterocycles. The molecule has 0 aliphatic rings. The lowest BCUT2D eigenvalue weighted by Crippen LogP contribution is -1.93. The molecule has 7 rings (SSSR count). The second-order valence-corrected chi connectivity index (χ2v) is 8.02. The van der Waals surface area contributed by atoms with Crippen molar-refractivity contribution in [1.82, 2.24) is 9.55 Å². The molecule has 4 aromatic carbocycles. The van der Waals surface area contributed by atoms with Crippen LogP contribution in [0.3, 0.4) is 0 Å². The number of hydrogen-bond donors (Lipinski definition) is 0. The van der Waals surface area contributed by atoms with Crippen molar-refractivity contribution in [1.29, 1.82) is 0 Å². The summed E-state index contributed by atoms with van der Waals surface area (Å²) in [4.78, 5) is 4.56. The zero-order valence-corrected chi connectivity index (χ0v) is 17.2. The topological polar surface area (TPSA) is 31.0 Å². The highest BCUT2D eigenvalue weighted by Crippen LogP contribution is 2.40. The maximum Gasteiger partial charge on any atom is 0.159 e. The molecule has 0 N–H and O–H groups in total. The van der Waals surface area contributed by atoms with Crippen molar-refractivity contribution in [2.24, 2.45) is 0 Å². The third-order valence-corrected chi connectivity index (χ3v) is 6.27. The van der Waals surface area contributed by atoms with Gasteiger partial charge in [-0.15, -0.1) is 0 Å². The van der Waals surface area contributed by atoms with Crippen LogP contribution in [0.2, 0.25) is 0 Å². The molecule has 32 heavy (non-hydrogen) atoms. The Hall–Kier alpha value is -4.37. The fourth-order valence-corrected chi connectivity index (χ4v) is 4.89. The average molecular weight is 410 g/mol. The smallest absolute Gasteiger partial charge is 0.159 e. The van der Waals surface area contributed by atoms with Crippen LogP contribution >= 0.6 is 0 Å². The molecule has 0 amide bonds. The van der Waals surface area contributed by atoms with Gasteiger partial charge < -0.3 is 8.98 Å². The van der Waals surface area contributed by atoms with Crippen LogP contribution in [-0.4, -0.2) is 9.55 Å². The fraction of sp³-hybridized carbons (Fsp3) is 0. The third kappa shape index (κ3) is 2.33. The molecule has 7 aromatic rings. The van der Waals surface area contributed by atoms with Gasteiger partial charge in [-0.3, -0.25) is 4.98 Å². The van der Waals surface area contributed by atoms with Gasteiger partial charge in [0.1, 0.15) is 5.58 Å². The van der Waals surface area contributed by atoms with E-state index >= 15 is 0 Å². The highest BCUT2D eigenvalue weighted by Gasteiger charge is 2.18. The Labute approximate surface area is 184 Å². The lowest BCUT2D eigenvalue weighted by atomic mass is 10.1. The van der Waals surface area contributed by atoms with Crippen LogP contribution < -0.4 is 0 Å². The number of pyridine rings is 1. The number of furan rings is 1. The van der Waals surface area contributed by atoms with E-state index in [1.807, 2.05) is 24.4 Å². The largest absolute Gasteiger partial charge is 0.453 e. The van der Waals surface area contributed by atoms with E-state index in [1.165, 1.54) is 21.8 Å². The van der Waals surface area contributed by atoms with Gasteiger partial charge in [0.05, 0.1) is 22.4 Å². The van der Waals surface area contributed by atoms with E-state index in [4.69, 9.17) is 4.42 Å². The van der Waals surface area contributed by atoms with Crippen molar-refractivity contribution < 1.29 is 4.42 Å². The lowest BCUT2D eigenvalue weighted by molar-refractivity contribution is 0.667. The van der Waals surface area contributed by atoms with Gasteiger partial charge in [0.15, 0.2) is 5.58 Å². The lowest BCUT2D eigenvalue weighted by Gasteiger charge is -2.08. The molecule has 0 saturated carbocycles. The molecule has 0 atom stereocenters. The van der Waals surface area contributed by atoms with Crippen molar-refractivity contribution >= 4 is 43.7 Å². The van der Waals surface area contributed by atoms with Crippen LogP contribution in [0, 0.1) is 0 Å². The molecule has 150 valence electrons. The molecule has 0 unspecified atom stereocenters. The fourth-order valence-electron chi connectivity index (χ4n) is 4.89. The van der Waals surface area contributed by atoms with Crippen LogP contribution in [0.1, 0.15) is 0 Å². The van der Waals surface area contributed by atoms with Crippen LogP contribution in [0.25, 0.3) is 60.7 Å². The average Bonchev–Trinajstić information content (AvgIpc) is 3.41. The van der Waals surface area contributed by atoms with Crippen molar-refractivity contribution in [2.45, 2.75) is 0 Å². The van der Waals surface area contributed by atoms with Gasteiger partial charge in [0.25, 0.3) is 0 Å². The molecule has 0 spiro atoms. The summed E-state index contributed by atoms with van der Waals surface area (Å²) in [5.41, 5.74) is 7.07. The molecule has 0 bridgehead atoms. The van der Waals surface area contributed by atoms with Crippen molar-refractivity contribution in [3.8, 4) is 16.9 Å². The SMILES string of the molecule is c1ccc(-c2cccc3c2oc2c(-n4c5ccccc5c5ccccc54)cccc23)nc1. The summed E-state index contributed by atoms with van der Waals surface area (Å²) in [6.07, 6.45) is 1.82. The summed E-state index contributed by atoms with van der Waals surface area (Å²) in [5, 5.41) is 4.69. The van der Waals surface area contributed by atoms with E-state index in [2.05, 4.69) is 94.5 Å². The summed E-state index contributed by atoms with van der Waals surface area (Å²) < 4.78 is 8.95. The van der Waals surface area contributed by atoms with Crippen LogP contribution in [0.5, 0.6) is 0 Å². The number of aromatic nitrogens is 2. The van der Waals surface area contributed by atoms with Crippen molar-refractivity contribution in [2.75, 3.05) is 0 Å². The Balaban J connectivity index is 1.61. The van der Waals surface area contributed by atoms with Crippen molar-refractivity contribution in [3.63, 3.8) is 0 Å². The Morgan fingerprint density at radius 3 is 1.88 bits per heavy atom. The first-order valence-corrected chi connectivity index (χ1v) is 10.7. The second-order valence-electron chi connectivity index (χ2n) is 8.02. The first-order valence-electron chi connectivity index (χ1n) is 10.7. The van der Waals surface area contributed by atoms with E-state index < -0.39 is 0 Å². The molecule has 0 saturated heterocycles. The highest BCUT2D eigenvalue weighted by atomic mass is 16.3. The predicted molar refractivity (Wildman–Crippen MR) is 131 cm³/mol. The van der Waals surface area contributed by atoms with E-state index in [0.29, 0.717) is 0 Å². The number of fused-ring (bicyclic) bond motifs is 6. The third-order valence-electron chi connectivity index (χ3n) is 6.27. The van der Waals surface area contributed by atoms with E-state index in [9.17, 15) is 0 Å². The highest BCUT2D eigenvalue weighted by molar-refractivity contribution is 6.14. The quantitative estimate of drug-likeness (QED) is 0.292. The molecular formula is C29H18N2O. The van der Waals surface area contributed by atoms with Gasteiger partial charge in [-0.2, -0.15) is 0 Å². The summed E-state index contributed by atoms with van der Waals surface area (Å²) in [6.45, 7) is 0.